The van der Waals surface area contributed by atoms with E-state index >= 15 is 0 Å². The maximum Gasteiger partial charge on any atom is 0.256 e. The second-order valence-corrected chi connectivity index (χ2v) is 4.96. The molecule has 0 heterocycles. The number of nitrogens with zero attached hydrogens (tertiary/aromatic N) is 2. The molecule has 2 N–H and O–H groups in total. The van der Waals surface area contributed by atoms with Crippen LogP contribution in [-0.2, 0) is 0 Å². The maximum atomic E-state index is 12.5. The summed E-state index contributed by atoms with van der Waals surface area (Å²) in [6, 6.07) is 5.29. The molecule has 0 aliphatic carbocycles. The summed E-state index contributed by atoms with van der Waals surface area (Å²) in [6.45, 7) is 4.33. The summed E-state index contributed by atoms with van der Waals surface area (Å²) in [5.41, 5.74) is 6.90. The summed E-state index contributed by atoms with van der Waals surface area (Å²) in [7, 11) is 5.60. The fourth-order valence-corrected chi connectivity index (χ4v) is 2.06. The molecule has 1 aromatic carbocycles. The van der Waals surface area contributed by atoms with E-state index in [0.717, 1.165) is 19.5 Å². The quantitative estimate of drug-likeness (QED) is 0.772. The molecule has 0 saturated heterocycles. The van der Waals surface area contributed by atoms with Gasteiger partial charge in [-0.25, -0.2) is 0 Å². The Morgan fingerprint density at radius 3 is 2.55 bits per heavy atom. The first-order chi connectivity index (χ1) is 9.51. The molecule has 0 aliphatic heterocycles. The number of benzene rings is 1. The lowest BCUT2D eigenvalue weighted by molar-refractivity contribution is 0.0760. The van der Waals surface area contributed by atoms with Gasteiger partial charge in [-0.15, -0.1) is 0 Å². The van der Waals surface area contributed by atoms with Gasteiger partial charge in [-0.3, -0.25) is 4.79 Å². The SMILES string of the molecule is CCN(CCCN(C)C)C(=O)c1cccc(OC)c1N. The Labute approximate surface area is 121 Å². The Morgan fingerprint density at radius 2 is 2.00 bits per heavy atom. The number of anilines is 1. The van der Waals surface area contributed by atoms with Crippen LogP contribution in [0.5, 0.6) is 5.75 Å². The molecule has 0 spiro atoms. The second-order valence-electron chi connectivity index (χ2n) is 4.96. The summed E-state index contributed by atoms with van der Waals surface area (Å²) < 4.78 is 5.16. The van der Waals surface area contributed by atoms with Crippen molar-refractivity contribution in [2.75, 3.05) is 46.6 Å². The highest BCUT2D eigenvalue weighted by atomic mass is 16.5. The average molecular weight is 279 g/mol. The zero-order valence-corrected chi connectivity index (χ0v) is 12.8. The smallest absolute Gasteiger partial charge is 0.256 e. The van der Waals surface area contributed by atoms with Gasteiger partial charge in [0.25, 0.3) is 5.91 Å². The van der Waals surface area contributed by atoms with Crippen LogP contribution in [0.25, 0.3) is 0 Å². The molecular weight excluding hydrogens is 254 g/mol. The fourth-order valence-electron chi connectivity index (χ4n) is 2.06. The zero-order valence-electron chi connectivity index (χ0n) is 12.8. The number of amides is 1. The molecule has 5 heteroatoms. The molecule has 0 radical (unpaired) electrons. The van der Waals surface area contributed by atoms with E-state index in [9.17, 15) is 4.79 Å². The van der Waals surface area contributed by atoms with Gasteiger partial charge in [-0.2, -0.15) is 0 Å². The van der Waals surface area contributed by atoms with E-state index in [1.807, 2.05) is 25.9 Å². The molecular formula is C15H25N3O2. The van der Waals surface area contributed by atoms with Crippen LogP contribution in [0.3, 0.4) is 0 Å². The molecule has 112 valence electrons. The van der Waals surface area contributed by atoms with Gasteiger partial charge in [0.2, 0.25) is 0 Å². The van der Waals surface area contributed by atoms with Gasteiger partial charge >= 0.3 is 0 Å². The van der Waals surface area contributed by atoms with Crippen molar-refractivity contribution in [3.63, 3.8) is 0 Å². The first kappa shape index (κ1) is 16.3. The predicted molar refractivity (Wildman–Crippen MR) is 82.2 cm³/mol. The Morgan fingerprint density at radius 1 is 1.30 bits per heavy atom. The lowest BCUT2D eigenvalue weighted by Gasteiger charge is -2.23. The largest absolute Gasteiger partial charge is 0.495 e. The van der Waals surface area contributed by atoms with Crippen LogP contribution in [0.4, 0.5) is 5.69 Å². The summed E-state index contributed by atoms with van der Waals surface area (Å²) in [5, 5.41) is 0. The van der Waals surface area contributed by atoms with E-state index in [4.69, 9.17) is 10.5 Å². The van der Waals surface area contributed by atoms with E-state index < -0.39 is 0 Å². The molecule has 0 fully saturated rings. The predicted octanol–water partition coefficient (Wildman–Crippen LogP) is 1.69. The van der Waals surface area contributed by atoms with Crippen molar-refractivity contribution in [1.29, 1.82) is 0 Å². The molecule has 0 aromatic heterocycles. The van der Waals surface area contributed by atoms with Crippen molar-refractivity contribution in [2.24, 2.45) is 0 Å². The Hall–Kier alpha value is -1.75. The van der Waals surface area contributed by atoms with Crippen molar-refractivity contribution < 1.29 is 9.53 Å². The minimum absolute atomic E-state index is 0.0392. The molecule has 20 heavy (non-hydrogen) atoms. The summed E-state index contributed by atoms with van der Waals surface area (Å²) >= 11 is 0. The minimum atomic E-state index is -0.0392. The topological polar surface area (TPSA) is 58.8 Å². The minimum Gasteiger partial charge on any atom is -0.495 e. The van der Waals surface area contributed by atoms with Crippen molar-refractivity contribution in [1.82, 2.24) is 9.80 Å². The molecule has 0 saturated carbocycles. The molecule has 1 aromatic rings. The van der Waals surface area contributed by atoms with Crippen molar-refractivity contribution in [3.8, 4) is 5.75 Å². The monoisotopic (exact) mass is 279 g/mol. The number of rotatable bonds is 7. The van der Waals surface area contributed by atoms with Crippen LogP contribution in [0.2, 0.25) is 0 Å². The lowest BCUT2D eigenvalue weighted by Crippen LogP contribution is -2.33. The van der Waals surface area contributed by atoms with Crippen LogP contribution in [0.15, 0.2) is 18.2 Å². The van der Waals surface area contributed by atoms with Crippen molar-refractivity contribution in [3.05, 3.63) is 23.8 Å². The second kappa shape index (κ2) is 7.75. The number of para-hydroxylation sites is 1. The highest BCUT2D eigenvalue weighted by Gasteiger charge is 2.18. The summed E-state index contributed by atoms with van der Waals surface area (Å²) in [4.78, 5) is 16.4. The Kier molecular flexibility index (Phi) is 6.31. The van der Waals surface area contributed by atoms with Gasteiger partial charge in [0.05, 0.1) is 18.4 Å². The number of carbonyl (C=O) groups is 1. The normalized spacial score (nSPS) is 10.7. The fraction of sp³-hybridized carbons (Fsp3) is 0.533. The molecule has 1 amide bonds. The van der Waals surface area contributed by atoms with Crippen LogP contribution in [-0.4, -0.2) is 56.5 Å². The lowest BCUT2D eigenvalue weighted by atomic mass is 10.1. The van der Waals surface area contributed by atoms with Gasteiger partial charge in [0.15, 0.2) is 0 Å². The number of hydrogen-bond donors (Lipinski definition) is 1. The highest BCUT2D eigenvalue weighted by molar-refractivity contribution is 6.00. The first-order valence-electron chi connectivity index (χ1n) is 6.87. The van der Waals surface area contributed by atoms with Crippen LogP contribution >= 0.6 is 0 Å². The Bertz CT molecular complexity index is 447. The van der Waals surface area contributed by atoms with Crippen molar-refractivity contribution >= 4 is 11.6 Å². The third-order valence-corrected chi connectivity index (χ3v) is 3.22. The van der Waals surface area contributed by atoms with Gasteiger partial charge in [-0.05, 0) is 46.1 Å². The van der Waals surface area contributed by atoms with E-state index in [-0.39, 0.29) is 5.91 Å². The van der Waals surface area contributed by atoms with Crippen LogP contribution < -0.4 is 10.5 Å². The molecule has 0 atom stereocenters. The molecule has 0 aliphatic rings. The zero-order chi connectivity index (χ0) is 15.1. The van der Waals surface area contributed by atoms with E-state index in [1.54, 1.807) is 25.3 Å². The van der Waals surface area contributed by atoms with Crippen LogP contribution in [0, 0.1) is 0 Å². The van der Waals surface area contributed by atoms with Gasteiger partial charge < -0.3 is 20.3 Å². The molecule has 5 nitrogen and oxygen atoms in total. The number of nitrogen functional groups attached to an aromatic ring is 1. The highest BCUT2D eigenvalue weighted by Crippen LogP contribution is 2.25. The summed E-state index contributed by atoms with van der Waals surface area (Å²) in [5.74, 6) is 0.503. The Balaban J connectivity index is 2.80. The third-order valence-electron chi connectivity index (χ3n) is 3.22. The van der Waals surface area contributed by atoms with E-state index in [1.165, 1.54) is 0 Å². The number of ether oxygens (including phenoxy) is 1. The standard InChI is InChI=1S/C15H25N3O2/c1-5-18(11-7-10-17(2)3)15(19)12-8-6-9-13(20-4)14(12)16/h6,8-9H,5,7,10-11,16H2,1-4H3. The van der Waals surface area contributed by atoms with Gasteiger partial charge in [0, 0.05) is 13.1 Å². The number of carbonyl (C=O) groups excluding carboxylic acids is 1. The first-order valence-corrected chi connectivity index (χ1v) is 6.87. The van der Waals surface area contributed by atoms with E-state index in [2.05, 4.69) is 4.90 Å². The number of methoxy groups -OCH3 is 1. The van der Waals surface area contributed by atoms with E-state index in [0.29, 0.717) is 23.5 Å². The number of hydrogen-bond acceptors (Lipinski definition) is 4. The number of nitrogens with two attached hydrogens (primary N) is 1. The maximum absolute atomic E-state index is 12.5. The van der Waals surface area contributed by atoms with Gasteiger partial charge in [-0.1, -0.05) is 6.07 Å². The molecule has 0 bridgehead atoms. The molecule has 0 unspecified atom stereocenters. The average Bonchev–Trinajstić information content (AvgIpc) is 2.43. The van der Waals surface area contributed by atoms with Gasteiger partial charge in [0.1, 0.15) is 5.75 Å². The van der Waals surface area contributed by atoms with Crippen LogP contribution in [0.1, 0.15) is 23.7 Å². The molecule has 1 rings (SSSR count). The van der Waals surface area contributed by atoms with Crippen molar-refractivity contribution in [2.45, 2.75) is 13.3 Å². The third kappa shape index (κ3) is 4.13. The summed E-state index contributed by atoms with van der Waals surface area (Å²) in [6.07, 6.45) is 0.941.